The van der Waals surface area contributed by atoms with Crippen molar-refractivity contribution in [3.8, 4) is 17.0 Å². The number of methoxy groups -OCH3 is 1. The van der Waals surface area contributed by atoms with Crippen LogP contribution in [0.2, 0.25) is 5.02 Å². The number of ether oxygens (including phenoxy) is 1. The van der Waals surface area contributed by atoms with Crippen molar-refractivity contribution < 1.29 is 14.6 Å². The zero-order valence-corrected chi connectivity index (χ0v) is 12.8. The van der Waals surface area contributed by atoms with Gasteiger partial charge in [0, 0.05) is 17.2 Å². The van der Waals surface area contributed by atoms with Gasteiger partial charge in [0.05, 0.1) is 30.4 Å². The highest BCUT2D eigenvalue weighted by Gasteiger charge is 2.13. The highest BCUT2D eigenvalue weighted by Crippen LogP contribution is 2.29. The standard InChI is InChI=1S/C15H12ClN3O4/c1-23-12-4-8(2-3-10(12)16)11-6-13(20)19-15(18-11)9(7-17-19)5-14(21)22/h2-4,6-7,18H,5H2,1H3,(H,21,22). The quantitative estimate of drug-likeness (QED) is 0.761. The molecular weight excluding hydrogens is 322 g/mol. The van der Waals surface area contributed by atoms with Crippen LogP contribution in [0.25, 0.3) is 16.9 Å². The van der Waals surface area contributed by atoms with Gasteiger partial charge in [-0.05, 0) is 12.1 Å². The first-order valence-corrected chi connectivity index (χ1v) is 7.03. The fraction of sp³-hybridized carbons (Fsp3) is 0.133. The number of aliphatic carboxylic acids is 1. The van der Waals surface area contributed by atoms with Crippen LogP contribution in [0.4, 0.5) is 0 Å². The van der Waals surface area contributed by atoms with Crippen molar-refractivity contribution in [1.82, 2.24) is 14.6 Å². The molecule has 0 atom stereocenters. The predicted octanol–water partition coefficient (Wildman–Crippen LogP) is 1.98. The summed E-state index contributed by atoms with van der Waals surface area (Å²) >= 11 is 6.00. The Hall–Kier alpha value is -2.80. The lowest BCUT2D eigenvalue weighted by Crippen LogP contribution is -2.14. The third-order valence-corrected chi connectivity index (χ3v) is 3.69. The van der Waals surface area contributed by atoms with E-state index in [9.17, 15) is 9.59 Å². The molecule has 0 spiro atoms. The zero-order valence-electron chi connectivity index (χ0n) is 12.0. The second-order valence-corrected chi connectivity index (χ2v) is 5.28. The number of nitrogens with zero attached hydrogens (tertiary/aromatic N) is 2. The van der Waals surface area contributed by atoms with Gasteiger partial charge in [0.1, 0.15) is 11.4 Å². The van der Waals surface area contributed by atoms with Gasteiger partial charge in [-0.15, -0.1) is 0 Å². The first kappa shape index (κ1) is 15.1. The summed E-state index contributed by atoms with van der Waals surface area (Å²) in [5.41, 5.74) is 1.62. The number of carboxylic acid groups (broad SMARTS) is 1. The molecule has 0 amide bonds. The lowest BCUT2D eigenvalue weighted by atomic mass is 10.1. The van der Waals surface area contributed by atoms with Crippen LogP contribution < -0.4 is 10.3 Å². The number of aromatic nitrogens is 3. The van der Waals surface area contributed by atoms with E-state index in [-0.39, 0.29) is 12.0 Å². The molecule has 0 fully saturated rings. The smallest absolute Gasteiger partial charge is 0.308 e. The lowest BCUT2D eigenvalue weighted by Gasteiger charge is -2.07. The average Bonchev–Trinajstić information content (AvgIpc) is 2.90. The van der Waals surface area contributed by atoms with E-state index in [2.05, 4.69) is 10.1 Å². The summed E-state index contributed by atoms with van der Waals surface area (Å²) in [7, 11) is 1.50. The Kier molecular flexibility index (Phi) is 3.79. The second-order valence-electron chi connectivity index (χ2n) is 4.87. The first-order chi connectivity index (χ1) is 11.0. The van der Waals surface area contributed by atoms with Gasteiger partial charge in [-0.3, -0.25) is 9.59 Å². The van der Waals surface area contributed by atoms with Crippen LogP contribution in [0.5, 0.6) is 5.75 Å². The molecule has 0 aliphatic carbocycles. The third-order valence-electron chi connectivity index (χ3n) is 3.38. The molecule has 0 unspecified atom stereocenters. The molecule has 7 nitrogen and oxygen atoms in total. The second kappa shape index (κ2) is 5.77. The predicted molar refractivity (Wildman–Crippen MR) is 84.2 cm³/mol. The monoisotopic (exact) mass is 333 g/mol. The molecular formula is C15H12ClN3O4. The van der Waals surface area contributed by atoms with E-state index in [1.165, 1.54) is 19.4 Å². The van der Waals surface area contributed by atoms with Crippen LogP contribution in [-0.2, 0) is 11.2 Å². The molecule has 3 rings (SSSR count). The summed E-state index contributed by atoms with van der Waals surface area (Å²) < 4.78 is 6.30. The van der Waals surface area contributed by atoms with Crippen LogP contribution in [0, 0.1) is 0 Å². The van der Waals surface area contributed by atoms with Crippen LogP contribution >= 0.6 is 11.6 Å². The van der Waals surface area contributed by atoms with Crippen LogP contribution in [0.15, 0.2) is 35.3 Å². The summed E-state index contributed by atoms with van der Waals surface area (Å²) in [6.45, 7) is 0. The third kappa shape index (κ3) is 2.78. The van der Waals surface area contributed by atoms with E-state index in [1.54, 1.807) is 18.2 Å². The molecule has 2 aromatic heterocycles. The summed E-state index contributed by atoms with van der Waals surface area (Å²) in [6, 6.07) is 6.47. The number of aromatic amines is 1. The Labute approximate surface area is 135 Å². The number of hydrogen-bond donors (Lipinski definition) is 2. The van der Waals surface area contributed by atoms with Gasteiger partial charge in [0.2, 0.25) is 0 Å². The van der Waals surface area contributed by atoms with Gasteiger partial charge in [-0.25, -0.2) is 0 Å². The van der Waals surface area contributed by atoms with Gasteiger partial charge in [-0.1, -0.05) is 17.7 Å². The highest BCUT2D eigenvalue weighted by atomic mass is 35.5. The molecule has 3 aromatic rings. The van der Waals surface area contributed by atoms with Crippen molar-refractivity contribution in [2.45, 2.75) is 6.42 Å². The maximum Gasteiger partial charge on any atom is 0.308 e. The maximum absolute atomic E-state index is 12.2. The van der Waals surface area contributed by atoms with Crippen molar-refractivity contribution >= 4 is 23.2 Å². The van der Waals surface area contributed by atoms with E-state index < -0.39 is 5.97 Å². The number of carbonyl (C=O) groups is 1. The van der Waals surface area contributed by atoms with Crippen LogP contribution in [-0.4, -0.2) is 32.8 Å². The number of nitrogens with one attached hydrogen (secondary N) is 1. The van der Waals surface area contributed by atoms with Crippen molar-refractivity contribution in [3.63, 3.8) is 0 Å². The molecule has 2 heterocycles. The van der Waals surface area contributed by atoms with E-state index >= 15 is 0 Å². The molecule has 23 heavy (non-hydrogen) atoms. The lowest BCUT2D eigenvalue weighted by molar-refractivity contribution is -0.136. The normalized spacial score (nSPS) is 10.9. The number of fused-ring (bicyclic) bond motifs is 1. The van der Waals surface area contributed by atoms with E-state index in [0.717, 1.165) is 4.52 Å². The average molecular weight is 334 g/mol. The largest absolute Gasteiger partial charge is 0.495 e. The molecule has 118 valence electrons. The van der Waals surface area contributed by atoms with Crippen molar-refractivity contribution in [2.75, 3.05) is 7.11 Å². The molecule has 0 saturated carbocycles. The number of halogens is 1. The fourth-order valence-corrected chi connectivity index (χ4v) is 2.50. The van der Waals surface area contributed by atoms with Gasteiger partial charge in [0.25, 0.3) is 5.56 Å². The molecule has 0 aliphatic rings. The van der Waals surface area contributed by atoms with Crippen molar-refractivity contribution in [2.24, 2.45) is 0 Å². The van der Waals surface area contributed by atoms with Gasteiger partial charge in [-0.2, -0.15) is 9.61 Å². The molecule has 0 saturated heterocycles. The maximum atomic E-state index is 12.2. The topological polar surface area (TPSA) is 96.7 Å². The molecule has 0 bridgehead atoms. The van der Waals surface area contributed by atoms with E-state index in [4.69, 9.17) is 21.4 Å². The Morgan fingerprint density at radius 3 is 2.91 bits per heavy atom. The van der Waals surface area contributed by atoms with Crippen LogP contribution in [0.3, 0.4) is 0 Å². The SMILES string of the molecule is COc1cc(-c2cc(=O)n3ncc(CC(=O)O)c3[nH]2)ccc1Cl. The molecule has 0 radical (unpaired) electrons. The molecule has 0 aliphatic heterocycles. The van der Waals surface area contributed by atoms with Gasteiger partial charge >= 0.3 is 5.97 Å². The Balaban J connectivity index is 2.18. The Morgan fingerprint density at radius 2 is 2.22 bits per heavy atom. The Bertz CT molecular complexity index is 961. The van der Waals surface area contributed by atoms with Crippen molar-refractivity contribution in [1.29, 1.82) is 0 Å². The minimum atomic E-state index is -1.00. The molecule has 1 aromatic carbocycles. The van der Waals surface area contributed by atoms with E-state index in [1.807, 2.05) is 0 Å². The number of carboxylic acids is 1. The van der Waals surface area contributed by atoms with Crippen molar-refractivity contribution in [3.05, 3.63) is 51.4 Å². The molecule has 2 N–H and O–H groups in total. The zero-order chi connectivity index (χ0) is 16.6. The highest BCUT2D eigenvalue weighted by molar-refractivity contribution is 6.32. The summed E-state index contributed by atoms with van der Waals surface area (Å²) in [6.07, 6.45) is 1.14. The minimum absolute atomic E-state index is 0.229. The van der Waals surface area contributed by atoms with E-state index in [0.29, 0.717) is 33.2 Å². The minimum Gasteiger partial charge on any atom is -0.495 e. The number of H-pyrrole nitrogens is 1. The van der Waals surface area contributed by atoms with Gasteiger partial charge in [0.15, 0.2) is 0 Å². The van der Waals surface area contributed by atoms with Crippen LogP contribution in [0.1, 0.15) is 5.56 Å². The van der Waals surface area contributed by atoms with Gasteiger partial charge < -0.3 is 14.8 Å². The summed E-state index contributed by atoms with van der Waals surface area (Å²) in [5, 5.41) is 13.3. The first-order valence-electron chi connectivity index (χ1n) is 6.65. The number of rotatable bonds is 4. The molecule has 8 heteroatoms. The summed E-state index contributed by atoms with van der Waals surface area (Å²) in [5.74, 6) is -0.525. The number of hydrogen-bond acceptors (Lipinski definition) is 4. The fourth-order valence-electron chi connectivity index (χ4n) is 2.31. The number of benzene rings is 1. The Morgan fingerprint density at radius 1 is 1.43 bits per heavy atom. The summed E-state index contributed by atoms with van der Waals surface area (Å²) in [4.78, 5) is 26.1.